The lowest BCUT2D eigenvalue weighted by molar-refractivity contribution is -0.385. The first-order valence-electron chi connectivity index (χ1n) is 10.9. The number of nitrogens with zero attached hydrogens (tertiary/aromatic N) is 5. The summed E-state index contributed by atoms with van der Waals surface area (Å²) >= 11 is 0. The van der Waals surface area contributed by atoms with Gasteiger partial charge in [-0.3, -0.25) is 29.8 Å². The summed E-state index contributed by atoms with van der Waals surface area (Å²) in [6, 6.07) is 11.1. The number of nitro benzene ring substituents is 2. The third-order valence-electron chi connectivity index (χ3n) is 5.59. The molecule has 1 aliphatic rings. The van der Waals surface area contributed by atoms with Crippen molar-refractivity contribution in [3.05, 3.63) is 79.9 Å². The van der Waals surface area contributed by atoms with Crippen molar-refractivity contribution in [2.45, 2.75) is 25.8 Å². The van der Waals surface area contributed by atoms with E-state index in [1.165, 1.54) is 47.4 Å². The van der Waals surface area contributed by atoms with Gasteiger partial charge in [-0.25, -0.2) is 5.01 Å². The number of carbonyl (C=O) groups excluding carboxylic acids is 2. The lowest BCUT2D eigenvalue weighted by atomic mass is 9.98. The van der Waals surface area contributed by atoms with Gasteiger partial charge in [0.2, 0.25) is 5.91 Å². The molecule has 35 heavy (non-hydrogen) atoms. The van der Waals surface area contributed by atoms with Crippen LogP contribution in [0.2, 0.25) is 0 Å². The molecule has 0 saturated carbocycles. The first-order valence-corrected chi connectivity index (χ1v) is 10.9. The largest absolute Gasteiger partial charge is 0.383 e. The summed E-state index contributed by atoms with van der Waals surface area (Å²) in [7, 11) is 1.50. The molecule has 184 valence electrons. The van der Waals surface area contributed by atoms with E-state index in [1.807, 2.05) is 0 Å². The second-order valence-electron chi connectivity index (χ2n) is 7.82. The number of hydrazone groups is 1. The van der Waals surface area contributed by atoms with Gasteiger partial charge in [0.1, 0.15) is 6.54 Å². The second kappa shape index (κ2) is 11.3. The van der Waals surface area contributed by atoms with Gasteiger partial charge in [0.25, 0.3) is 17.3 Å². The minimum absolute atomic E-state index is 0.0811. The highest BCUT2D eigenvalue weighted by Gasteiger charge is 2.35. The second-order valence-corrected chi connectivity index (χ2v) is 7.82. The third kappa shape index (κ3) is 6.03. The quantitative estimate of drug-likeness (QED) is 0.372. The van der Waals surface area contributed by atoms with Gasteiger partial charge in [-0.1, -0.05) is 19.1 Å². The summed E-state index contributed by atoms with van der Waals surface area (Å²) < 4.78 is 5.04. The third-order valence-corrected chi connectivity index (χ3v) is 5.59. The van der Waals surface area contributed by atoms with Crippen molar-refractivity contribution in [3.8, 4) is 0 Å². The zero-order valence-electron chi connectivity index (χ0n) is 19.3. The number of methoxy groups -OCH3 is 1. The lowest BCUT2D eigenvalue weighted by Crippen LogP contribution is -2.42. The molecular formula is C23H25N5O7. The molecule has 0 radical (unpaired) electrons. The van der Waals surface area contributed by atoms with Crippen molar-refractivity contribution >= 4 is 28.9 Å². The predicted octanol–water partition coefficient (Wildman–Crippen LogP) is 3.07. The monoisotopic (exact) mass is 483 g/mol. The fourth-order valence-corrected chi connectivity index (χ4v) is 3.75. The molecule has 2 amide bonds. The topological polar surface area (TPSA) is 148 Å². The summed E-state index contributed by atoms with van der Waals surface area (Å²) in [5.41, 5.74) is 1.39. The average Bonchev–Trinajstić information content (AvgIpc) is 3.32. The summed E-state index contributed by atoms with van der Waals surface area (Å²) in [6.45, 7) is 1.94. The van der Waals surface area contributed by atoms with E-state index in [0.29, 0.717) is 16.8 Å². The molecule has 1 atom stereocenters. The van der Waals surface area contributed by atoms with Crippen LogP contribution in [0.25, 0.3) is 0 Å². The molecule has 12 heteroatoms. The zero-order chi connectivity index (χ0) is 25.5. The molecule has 0 aromatic heterocycles. The van der Waals surface area contributed by atoms with Crippen molar-refractivity contribution in [3.63, 3.8) is 0 Å². The van der Waals surface area contributed by atoms with Crippen LogP contribution in [0, 0.1) is 20.2 Å². The molecule has 1 aliphatic heterocycles. The van der Waals surface area contributed by atoms with Crippen LogP contribution in [0.4, 0.5) is 11.4 Å². The van der Waals surface area contributed by atoms with E-state index in [-0.39, 0.29) is 49.8 Å². The fraction of sp³-hybridized carbons (Fsp3) is 0.348. The molecule has 0 N–H and O–H groups in total. The Hall–Kier alpha value is -4.19. The molecule has 3 rings (SSSR count). The van der Waals surface area contributed by atoms with Gasteiger partial charge >= 0.3 is 0 Å². The number of hydrogen-bond donors (Lipinski definition) is 0. The molecule has 0 aliphatic carbocycles. The van der Waals surface area contributed by atoms with E-state index in [0.717, 1.165) is 0 Å². The number of amides is 2. The minimum atomic E-state index is -0.645. The zero-order valence-corrected chi connectivity index (χ0v) is 19.3. The van der Waals surface area contributed by atoms with Crippen molar-refractivity contribution in [2.24, 2.45) is 5.10 Å². The number of non-ortho nitro benzene ring substituents is 2. The van der Waals surface area contributed by atoms with Crippen LogP contribution in [0.5, 0.6) is 0 Å². The normalized spacial score (nSPS) is 15.0. The van der Waals surface area contributed by atoms with Crippen LogP contribution in [0.1, 0.15) is 36.9 Å². The molecular weight excluding hydrogens is 458 g/mol. The fourth-order valence-electron chi connectivity index (χ4n) is 3.75. The van der Waals surface area contributed by atoms with Crippen molar-refractivity contribution in [2.75, 3.05) is 26.8 Å². The van der Waals surface area contributed by atoms with Crippen molar-refractivity contribution in [1.82, 2.24) is 9.91 Å². The van der Waals surface area contributed by atoms with Gasteiger partial charge in [-0.05, 0) is 23.3 Å². The first kappa shape index (κ1) is 25.4. The molecule has 1 unspecified atom stereocenters. The van der Waals surface area contributed by atoms with Crippen LogP contribution in [0.3, 0.4) is 0 Å². The molecule has 0 bridgehead atoms. The summed E-state index contributed by atoms with van der Waals surface area (Å²) in [4.78, 5) is 48.3. The van der Waals surface area contributed by atoms with Gasteiger partial charge in [-0.2, -0.15) is 5.10 Å². The van der Waals surface area contributed by atoms with Gasteiger partial charge in [0, 0.05) is 50.8 Å². The number of hydrogen-bond acceptors (Lipinski definition) is 8. The van der Waals surface area contributed by atoms with Gasteiger partial charge in [0.05, 0.1) is 28.2 Å². The maximum absolute atomic E-state index is 13.3. The standard InChI is InChI=1S/C23H25N5O7/c1-3-22(29)25(11-12-35-2)15-23(30)26-21(17-5-4-6-19(13-17)28(33)34)14-20(24-26)16-7-9-18(10-8-16)27(31)32/h4-10,13,21H,3,11-12,14-15H2,1-2H3. The van der Waals surface area contributed by atoms with Gasteiger partial charge < -0.3 is 9.64 Å². The Labute approximate surface area is 201 Å². The van der Waals surface area contributed by atoms with E-state index >= 15 is 0 Å². The summed E-state index contributed by atoms with van der Waals surface area (Å²) in [5.74, 6) is -0.683. The molecule has 0 spiro atoms. The van der Waals surface area contributed by atoms with Crippen molar-refractivity contribution in [1.29, 1.82) is 0 Å². The SMILES string of the molecule is CCC(=O)N(CCOC)CC(=O)N1N=C(c2ccc([N+](=O)[O-])cc2)CC1c1cccc([N+](=O)[O-])c1. The Balaban J connectivity index is 1.95. The number of benzene rings is 2. The van der Waals surface area contributed by atoms with E-state index < -0.39 is 21.8 Å². The van der Waals surface area contributed by atoms with E-state index in [9.17, 15) is 29.8 Å². The smallest absolute Gasteiger partial charge is 0.269 e. The highest BCUT2D eigenvalue weighted by atomic mass is 16.6. The Morgan fingerprint density at radius 3 is 2.40 bits per heavy atom. The molecule has 2 aromatic carbocycles. The minimum Gasteiger partial charge on any atom is -0.383 e. The summed E-state index contributed by atoms with van der Waals surface area (Å²) in [5, 5.41) is 28.0. The molecule has 0 fully saturated rings. The molecule has 1 heterocycles. The first-order chi connectivity index (χ1) is 16.7. The Morgan fingerprint density at radius 1 is 1.11 bits per heavy atom. The summed E-state index contributed by atoms with van der Waals surface area (Å²) in [6.07, 6.45) is 0.452. The van der Waals surface area contributed by atoms with Crippen LogP contribution in [-0.2, 0) is 14.3 Å². The number of nitro groups is 2. The van der Waals surface area contributed by atoms with Gasteiger partial charge in [-0.15, -0.1) is 0 Å². The maximum atomic E-state index is 13.3. The Morgan fingerprint density at radius 2 is 1.80 bits per heavy atom. The number of carbonyl (C=O) groups is 2. The van der Waals surface area contributed by atoms with E-state index in [1.54, 1.807) is 25.1 Å². The van der Waals surface area contributed by atoms with Crippen LogP contribution in [0.15, 0.2) is 53.6 Å². The average molecular weight is 483 g/mol. The highest BCUT2D eigenvalue weighted by Crippen LogP contribution is 2.34. The lowest BCUT2D eigenvalue weighted by Gasteiger charge is -2.26. The van der Waals surface area contributed by atoms with Crippen LogP contribution in [-0.4, -0.2) is 64.1 Å². The van der Waals surface area contributed by atoms with Gasteiger partial charge in [0.15, 0.2) is 0 Å². The number of rotatable bonds is 10. The molecule has 12 nitrogen and oxygen atoms in total. The Kier molecular flexibility index (Phi) is 8.21. The van der Waals surface area contributed by atoms with Crippen molar-refractivity contribution < 1.29 is 24.2 Å². The van der Waals surface area contributed by atoms with Crippen LogP contribution < -0.4 is 0 Å². The molecule has 0 saturated heterocycles. The van der Waals surface area contributed by atoms with Crippen LogP contribution >= 0.6 is 0 Å². The Bertz CT molecular complexity index is 1150. The van der Waals surface area contributed by atoms with E-state index in [2.05, 4.69) is 5.10 Å². The van der Waals surface area contributed by atoms with E-state index in [4.69, 9.17) is 4.74 Å². The highest BCUT2D eigenvalue weighted by molar-refractivity contribution is 6.03. The number of ether oxygens (including phenoxy) is 1. The molecule has 2 aromatic rings. The maximum Gasteiger partial charge on any atom is 0.269 e. The predicted molar refractivity (Wildman–Crippen MR) is 126 cm³/mol.